The Balaban J connectivity index is 1.75. The van der Waals surface area contributed by atoms with Crippen LogP contribution in [0.4, 0.5) is 0 Å². The minimum absolute atomic E-state index is 0.565. The van der Waals surface area contributed by atoms with Gasteiger partial charge in [-0.25, -0.2) is 0 Å². The normalized spacial score (nSPS) is 20.5. The van der Waals surface area contributed by atoms with Crippen LogP contribution in [0, 0.1) is 13.8 Å². The largest absolute Gasteiger partial charge is 0.375 e. The third-order valence-electron chi connectivity index (χ3n) is 3.57. The van der Waals surface area contributed by atoms with Gasteiger partial charge in [-0.1, -0.05) is 24.6 Å². The molecule has 0 aliphatic carbocycles. The smallest absolute Gasteiger partial charge is 0.0717 e. The Hall–Kier alpha value is -0.860. The van der Waals surface area contributed by atoms with E-state index in [0.29, 0.717) is 6.04 Å². The summed E-state index contributed by atoms with van der Waals surface area (Å²) in [5, 5.41) is 3.50. The van der Waals surface area contributed by atoms with Gasteiger partial charge in [0.25, 0.3) is 0 Å². The summed E-state index contributed by atoms with van der Waals surface area (Å²) >= 11 is 0. The lowest BCUT2D eigenvalue weighted by Gasteiger charge is -2.23. The summed E-state index contributed by atoms with van der Waals surface area (Å²) in [5.74, 6) is 0. The van der Waals surface area contributed by atoms with Gasteiger partial charge >= 0.3 is 0 Å². The van der Waals surface area contributed by atoms with Crippen molar-refractivity contribution >= 4 is 0 Å². The first-order valence-electron chi connectivity index (χ1n) is 6.63. The average molecular weight is 233 g/mol. The second-order valence-electron chi connectivity index (χ2n) is 5.08. The van der Waals surface area contributed by atoms with E-state index in [1.165, 1.54) is 36.0 Å². The third-order valence-corrected chi connectivity index (χ3v) is 3.57. The van der Waals surface area contributed by atoms with Crippen molar-refractivity contribution in [2.45, 2.75) is 45.8 Å². The molecule has 1 aliphatic heterocycles. The highest BCUT2D eigenvalue weighted by atomic mass is 16.5. The van der Waals surface area contributed by atoms with Crippen LogP contribution in [0.1, 0.15) is 36.0 Å². The van der Waals surface area contributed by atoms with Gasteiger partial charge in [0.1, 0.15) is 0 Å². The van der Waals surface area contributed by atoms with E-state index in [-0.39, 0.29) is 0 Å². The van der Waals surface area contributed by atoms with Crippen LogP contribution in [0.3, 0.4) is 0 Å². The number of rotatable bonds is 4. The molecule has 0 bridgehead atoms. The molecule has 1 atom stereocenters. The summed E-state index contributed by atoms with van der Waals surface area (Å²) in [4.78, 5) is 0. The van der Waals surface area contributed by atoms with Crippen molar-refractivity contribution in [1.82, 2.24) is 5.32 Å². The Kier molecular flexibility index (Phi) is 4.57. The van der Waals surface area contributed by atoms with Gasteiger partial charge in [0.2, 0.25) is 0 Å². The number of aryl methyl sites for hydroxylation is 2. The predicted octanol–water partition coefficient (Wildman–Crippen LogP) is 2.96. The topological polar surface area (TPSA) is 21.3 Å². The molecular weight excluding hydrogens is 210 g/mol. The maximum atomic E-state index is 5.79. The van der Waals surface area contributed by atoms with Crippen molar-refractivity contribution < 1.29 is 4.74 Å². The summed E-state index contributed by atoms with van der Waals surface area (Å²) < 4.78 is 5.79. The first-order chi connectivity index (χ1) is 8.25. The maximum absolute atomic E-state index is 5.79. The van der Waals surface area contributed by atoms with Crippen LogP contribution in [0.25, 0.3) is 0 Å². The Morgan fingerprint density at radius 2 is 2.12 bits per heavy atom. The minimum atomic E-state index is 0.565. The number of hydrogen-bond acceptors (Lipinski definition) is 2. The van der Waals surface area contributed by atoms with Crippen LogP contribution >= 0.6 is 0 Å². The molecule has 1 saturated heterocycles. The molecule has 0 radical (unpaired) electrons. The van der Waals surface area contributed by atoms with E-state index in [2.05, 4.69) is 37.4 Å². The van der Waals surface area contributed by atoms with Crippen LogP contribution in [-0.4, -0.2) is 19.2 Å². The maximum Gasteiger partial charge on any atom is 0.0717 e. The summed E-state index contributed by atoms with van der Waals surface area (Å²) in [6.07, 6.45) is 3.91. The molecule has 1 aliphatic rings. The molecule has 1 fully saturated rings. The zero-order chi connectivity index (χ0) is 12.1. The predicted molar refractivity (Wildman–Crippen MR) is 71.2 cm³/mol. The van der Waals surface area contributed by atoms with Gasteiger partial charge in [-0.15, -0.1) is 0 Å². The van der Waals surface area contributed by atoms with E-state index < -0.39 is 0 Å². The van der Waals surface area contributed by atoms with Gasteiger partial charge in [-0.05, 0) is 49.9 Å². The highest BCUT2D eigenvalue weighted by molar-refractivity contribution is 5.29. The molecule has 2 rings (SSSR count). The number of hydrogen-bond donors (Lipinski definition) is 1. The van der Waals surface area contributed by atoms with E-state index in [0.717, 1.165) is 19.8 Å². The van der Waals surface area contributed by atoms with Crippen LogP contribution in [-0.2, 0) is 11.3 Å². The van der Waals surface area contributed by atoms with Crippen molar-refractivity contribution in [1.29, 1.82) is 0 Å². The molecule has 1 aromatic carbocycles. The van der Waals surface area contributed by atoms with Crippen LogP contribution < -0.4 is 5.32 Å². The molecule has 0 amide bonds. The molecule has 1 N–H and O–H groups in total. The van der Waals surface area contributed by atoms with Crippen LogP contribution in [0.5, 0.6) is 0 Å². The monoisotopic (exact) mass is 233 g/mol. The standard InChI is InChI=1S/C15H23NO/c1-12-6-7-14(9-13(12)2)10-17-11-15-5-3-4-8-16-15/h6-7,9,15-16H,3-5,8,10-11H2,1-2H3. The molecule has 1 unspecified atom stereocenters. The fraction of sp³-hybridized carbons (Fsp3) is 0.600. The molecule has 2 heteroatoms. The van der Waals surface area contributed by atoms with Gasteiger partial charge in [-0.2, -0.15) is 0 Å². The van der Waals surface area contributed by atoms with E-state index in [9.17, 15) is 0 Å². The van der Waals surface area contributed by atoms with Gasteiger partial charge in [0.05, 0.1) is 13.2 Å². The summed E-state index contributed by atoms with van der Waals surface area (Å²) in [7, 11) is 0. The molecule has 0 spiro atoms. The Morgan fingerprint density at radius 1 is 1.24 bits per heavy atom. The van der Waals surface area contributed by atoms with Crippen LogP contribution in [0.15, 0.2) is 18.2 Å². The average Bonchev–Trinajstić information content (AvgIpc) is 2.35. The van der Waals surface area contributed by atoms with Crippen molar-refractivity contribution in [3.8, 4) is 0 Å². The summed E-state index contributed by atoms with van der Waals surface area (Å²) in [6.45, 7) is 7.03. The van der Waals surface area contributed by atoms with Crippen molar-refractivity contribution in [3.63, 3.8) is 0 Å². The van der Waals surface area contributed by atoms with E-state index in [1.807, 2.05) is 0 Å². The first kappa shape index (κ1) is 12.6. The SMILES string of the molecule is Cc1ccc(COCC2CCCCN2)cc1C. The number of benzene rings is 1. The lowest BCUT2D eigenvalue weighted by atomic mass is 10.1. The van der Waals surface area contributed by atoms with Crippen LogP contribution in [0.2, 0.25) is 0 Å². The summed E-state index contributed by atoms with van der Waals surface area (Å²) in [5.41, 5.74) is 3.98. The van der Waals surface area contributed by atoms with Gasteiger partial charge in [0, 0.05) is 6.04 Å². The third kappa shape index (κ3) is 3.83. The molecule has 0 aromatic heterocycles. The lowest BCUT2D eigenvalue weighted by molar-refractivity contribution is 0.0911. The van der Waals surface area contributed by atoms with Crippen molar-refractivity contribution in [2.75, 3.05) is 13.2 Å². The number of nitrogens with one attached hydrogen (secondary N) is 1. The lowest BCUT2D eigenvalue weighted by Crippen LogP contribution is -2.37. The Morgan fingerprint density at radius 3 is 2.82 bits per heavy atom. The first-order valence-corrected chi connectivity index (χ1v) is 6.63. The fourth-order valence-corrected chi connectivity index (χ4v) is 2.28. The van der Waals surface area contributed by atoms with Crippen molar-refractivity contribution in [2.24, 2.45) is 0 Å². The zero-order valence-corrected chi connectivity index (χ0v) is 11.0. The second kappa shape index (κ2) is 6.18. The molecule has 94 valence electrons. The highest BCUT2D eigenvalue weighted by Crippen LogP contribution is 2.12. The molecule has 1 heterocycles. The zero-order valence-electron chi connectivity index (χ0n) is 11.0. The van der Waals surface area contributed by atoms with Gasteiger partial charge in [-0.3, -0.25) is 0 Å². The second-order valence-corrected chi connectivity index (χ2v) is 5.08. The highest BCUT2D eigenvalue weighted by Gasteiger charge is 2.12. The molecule has 1 aromatic rings. The van der Waals surface area contributed by atoms with E-state index in [1.54, 1.807) is 0 Å². The van der Waals surface area contributed by atoms with Gasteiger partial charge < -0.3 is 10.1 Å². The quantitative estimate of drug-likeness (QED) is 0.863. The Bertz CT molecular complexity index is 356. The van der Waals surface area contributed by atoms with E-state index >= 15 is 0 Å². The number of ether oxygens (including phenoxy) is 1. The fourth-order valence-electron chi connectivity index (χ4n) is 2.28. The van der Waals surface area contributed by atoms with E-state index in [4.69, 9.17) is 4.74 Å². The molecule has 17 heavy (non-hydrogen) atoms. The summed E-state index contributed by atoms with van der Waals surface area (Å²) in [6, 6.07) is 7.13. The van der Waals surface area contributed by atoms with Gasteiger partial charge in [0.15, 0.2) is 0 Å². The minimum Gasteiger partial charge on any atom is -0.375 e. The molecule has 2 nitrogen and oxygen atoms in total. The molecular formula is C15H23NO. The molecule has 0 saturated carbocycles. The number of piperidine rings is 1. The van der Waals surface area contributed by atoms with Crippen molar-refractivity contribution in [3.05, 3.63) is 34.9 Å². The Labute approximate surface area is 104 Å².